The highest BCUT2D eigenvalue weighted by molar-refractivity contribution is 7.89. The number of sulfonamides is 1. The lowest BCUT2D eigenvalue weighted by Gasteiger charge is -2.40. The van der Waals surface area contributed by atoms with E-state index in [4.69, 9.17) is 5.73 Å². The minimum Gasteiger partial charge on any atom is -0.355 e. The van der Waals surface area contributed by atoms with Gasteiger partial charge in [0, 0.05) is 25.7 Å². The van der Waals surface area contributed by atoms with Crippen LogP contribution in [0.2, 0.25) is 0 Å². The predicted molar refractivity (Wildman–Crippen MR) is 99.7 cm³/mol. The van der Waals surface area contributed by atoms with Gasteiger partial charge in [-0.25, -0.2) is 12.7 Å². The van der Waals surface area contributed by atoms with Crippen LogP contribution in [0.4, 0.5) is 0 Å². The van der Waals surface area contributed by atoms with Crippen LogP contribution in [-0.4, -0.2) is 50.1 Å². The zero-order chi connectivity index (χ0) is 18.5. The highest BCUT2D eigenvalue weighted by atomic mass is 32.2. The predicted octanol–water partition coefficient (Wildman–Crippen LogP) is 1.22. The maximum absolute atomic E-state index is 13.0. The molecule has 3 N–H and O–H groups in total. The van der Waals surface area contributed by atoms with Gasteiger partial charge in [-0.2, -0.15) is 0 Å². The SMILES string of the molecule is CCS(=O)(=O)N1CCC(C(=O)NCCC(C)N)(c2ccccc2)CC1. The van der Waals surface area contributed by atoms with Crippen LogP contribution in [0.1, 0.15) is 38.7 Å². The number of hydrogen-bond acceptors (Lipinski definition) is 4. The van der Waals surface area contributed by atoms with Gasteiger partial charge in [-0.05, 0) is 38.7 Å². The number of amides is 1. The lowest BCUT2D eigenvalue weighted by molar-refractivity contribution is -0.128. The first-order valence-electron chi connectivity index (χ1n) is 8.89. The second kappa shape index (κ2) is 8.29. The molecule has 1 fully saturated rings. The molecule has 1 atom stereocenters. The molecule has 25 heavy (non-hydrogen) atoms. The first-order chi connectivity index (χ1) is 11.8. The maximum atomic E-state index is 13.0. The third-order valence-corrected chi connectivity index (χ3v) is 6.86. The van der Waals surface area contributed by atoms with Crippen molar-refractivity contribution in [1.82, 2.24) is 9.62 Å². The molecule has 1 aliphatic rings. The Hall–Kier alpha value is -1.44. The van der Waals surface area contributed by atoms with Crippen molar-refractivity contribution in [2.24, 2.45) is 5.73 Å². The molecule has 0 aromatic heterocycles. The van der Waals surface area contributed by atoms with Crippen LogP contribution in [0.25, 0.3) is 0 Å². The lowest BCUT2D eigenvalue weighted by Crippen LogP contribution is -2.53. The molecule has 140 valence electrons. The summed E-state index contributed by atoms with van der Waals surface area (Å²) in [5.41, 5.74) is 6.02. The van der Waals surface area contributed by atoms with Crippen molar-refractivity contribution < 1.29 is 13.2 Å². The summed E-state index contributed by atoms with van der Waals surface area (Å²) in [7, 11) is -3.22. The first kappa shape index (κ1) is 19.9. The Balaban J connectivity index is 2.20. The van der Waals surface area contributed by atoms with Gasteiger partial charge in [-0.15, -0.1) is 0 Å². The number of nitrogens with zero attached hydrogens (tertiary/aromatic N) is 1. The van der Waals surface area contributed by atoms with E-state index in [1.807, 2.05) is 37.3 Å². The molecule has 1 aromatic carbocycles. The number of rotatable bonds is 7. The van der Waals surface area contributed by atoms with Crippen molar-refractivity contribution in [2.75, 3.05) is 25.4 Å². The average Bonchev–Trinajstić information content (AvgIpc) is 2.62. The monoisotopic (exact) mass is 367 g/mol. The fourth-order valence-electron chi connectivity index (χ4n) is 3.32. The van der Waals surface area contributed by atoms with Gasteiger partial charge in [0.05, 0.1) is 11.2 Å². The number of nitrogens with two attached hydrogens (primary N) is 1. The van der Waals surface area contributed by atoms with Crippen LogP contribution in [0, 0.1) is 0 Å². The largest absolute Gasteiger partial charge is 0.355 e. The van der Waals surface area contributed by atoms with Crippen LogP contribution >= 0.6 is 0 Å². The Bertz CT molecular complexity index is 666. The molecule has 1 heterocycles. The summed E-state index contributed by atoms with van der Waals surface area (Å²) in [4.78, 5) is 13.0. The van der Waals surface area contributed by atoms with E-state index in [2.05, 4.69) is 5.32 Å². The Morgan fingerprint density at radius 1 is 1.28 bits per heavy atom. The molecule has 0 spiro atoms. The fourth-order valence-corrected chi connectivity index (χ4v) is 4.42. The number of piperidine rings is 1. The summed E-state index contributed by atoms with van der Waals surface area (Å²) in [6, 6.07) is 9.69. The summed E-state index contributed by atoms with van der Waals surface area (Å²) in [5, 5.41) is 3.00. The van der Waals surface area contributed by atoms with Crippen molar-refractivity contribution in [3.63, 3.8) is 0 Å². The maximum Gasteiger partial charge on any atom is 0.230 e. The Morgan fingerprint density at radius 3 is 2.40 bits per heavy atom. The number of hydrogen-bond donors (Lipinski definition) is 2. The van der Waals surface area contributed by atoms with Gasteiger partial charge >= 0.3 is 0 Å². The number of carbonyl (C=O) groups is 1. The van der Waals surface area contributed by atoms with E-state index in [1.54, 1.807) is 6.92 Å². The molecule has 0 radical (unpaired) electrons. The summed E-state index contributed by atoms with van der Waals surface area (Å²) in [5.74, 6) is 0.0549. The normalized spacial score (nSPS) is 19.3. The average molecular weight is 368 g/mol. The van der Waals surface area contributed by atoms with Crippen LogP contribution in [0.15, 0.2) is 30.3 Å². The van der Waals surface area contributed by atoms with E-state index in [-0.39, 0.29) is 17.7 Å². The smallest absolute Gasteiger partial charge is 0.230 e. The quantitative estimate of drug-likeness (QED) is 0.758. The summed E-state index contributed by atoms with van der Waals surface area (Å²) < 4.78 is 25.8. The van der Waals surface area contributed by atoms with Crippen molar-refractivity contribution in [3.8, 4) is 0 Å². The van der Waals surface area contributed by atoms with Crippen LogP contribution in [-0.2, 0) is 20.2 Å². The lowest BCUT2D eigenvalue weighted by atomic mass is 9.72. The molecule has 7 heteroatoms. The topological polar surface area (TPSA) is 92.5 Å². The van der Waals surface area contributed by atoms with Crippen LogP contribution in [0.3, 0.4) is 0 Å². The Morgan fingerprint density at radius 2 is 1.88 bits per heavy atom. The zero-order valence-corrected chi connectivity index (χ0v) is 15.9. The van der Waals surface area contributed by atoms with Crippen molar-refractivity contribution in [1.29, 1.82) is 0 Å². The molecular weight excluding hydrogens is 338 g/mol. The highest BCUT2D eigenvalue weighted by Gasteiger charge is 2.44. The Labute approximate surface area is 150 Å². The number of carbonyl (C=O) groups excluding carboxylic acids is 1. The second-order valence-electron chi connectivity index (χ2n) is 6.77. The van der Waals surface area contributed by atoms with Gasteiger partial charge in [0.2, 0.25) is 15.9 Å². The molecule has 0 bridgehead atoms. The van der Waals surface area contributed by atoms with E-state index < -0.39 is 15.4 Å². The Kier molecular flexibility index (Phi) is 6.59. The van der Waals surface area contributed by atoms with Gasteiger partial charge < -0.3 is 11.1 Å². The summed E-state index contributed by atoms with van der Waals surface area (Å²) >= 11 is 0. The van der Waals surface area contributed by atoms with Gasteiger partial charge in [-0.1, -0.05) is 30.3 Å². The molecule has 6 nitrogen and oxygen atoms in total. The minimum atomic E-state index is -3.22. The summed E-state index contributed by atoms with van der Waals surface area (Å²) in [6.45, 7) is 4.82. The molecular formula is C18H29N3O3S. The van der Waals surface area contributed by atoms with E-state index in [0.29, 0.717) is 38.9 Å². The van der Waals surface area contributed by atoms with Crippen molar-refractivity contribution in [2.45, 2.75) is 44.6 Å². The van der Waals surface area contributed by atoms with E-state index in [1.165, 1.54) is 4.31 Å². The van der Waals surface area contributed by atoms with Gasteiger partial charge in [-0.3, -0.25) is 4.79 Å². The first-order valence-corrected chi connectivity index (χ1v) is 10.5. The molecule has 2 rings (SSSR count). The van der Waals surface area contributed by atoms with Crippen molar-refractivity contribution in [3.05, 3.63) is 35.9 Å². The fraction of sp³-hybridized carbons (Fsp3) is 0.611. The van der Waals surface area contributed by atoms with Crippen LogP contribution < -0.4 is 11.1 Å². The van der Waals surface area contributed by atoms with E-state index >= 15 is 0 Å². The molecule has 0 aliphatic carbocycles. The third kappa shape index (κ3) is 4.59. The summed E-state index contributed by atoms with van der Waals surface area (Å²) in [6.07, 6.45) is 1.69. The molecule has 1 aliphatic heterocycles. The molecule has 1 saturated heterocycles. The number of benzene rings is 1. The minimum absolute atomic E-state index is 0.0320. The van der Waals surface area contributed by atoms with E-state index in [0.717, 1.165) is 5.56 Å². The third-order valence-electron chi connectivity index (χ3n) is 4.98. The van der Waals surface area contributed by atoms with Gasteiger partial charge in [0.15, 0.2) is 0 Å². The second-order valence-corrected chi connectivity index (χ2v) is 9.03. The molecule has 0 saturated carbocycles. The standard InChI is InChI=1S/C18H29N3O3S/c1-3-25(23,24)21-13-10-18(11-14-21,16-7-5-4-6-8-16)17(22)20-12-9-15(2)19/h4-8,15H,3,9-14,19H2,1-2H3,(H,20,22). The highest BCUT2D eigenvalue weighted by Crippen LogP contribution is 2.36. The van der Waals surface area contributed by atoms with Crippen molar-refractivity contribution >= 4 is 15.9 Å². The zero-order valence-electron chi connectivity index (χ0n) is 15.1. The molecule has 1 amide bonds. The molecule has 1 unspecified atom stereocenters. The molecule has 1 aromatic rings. The van der Waals surface area contributed by atoms with Crippen LogP contribution in [0.5, 0.6) is 0 Å². The van der Waals surface area contributed by atoms with Gasteiger partial charge in [0.25, 0.3) is 0 Å². The van der Waals surface area contributed by atoms with E-state index in [9.17, 15) is 13.2 Å². The van der Waals surface area contributed by atoms with Gasteiger partial charge in [0.1, 0.15) is 0 Å². The number of nitrogens with one attached hydrogen (secondary N) is 1.